The van der Waals surface area contributed by atoms with E-state index in [1.54, 1.807) is 16.4 Å². The van der Waals surface area contributed by atoms with Gasteiger partial charge in [-0.2, -0.15) is 4.31 Å². The van der Waals surface area contributed by atoms with Gasteiger partial charge in [0.1, 0.15) is 5.58 Å². The second-order valence-corrected chi connectivity index (χ2v) is 7.16. The number of rotatable bonds is 3. The van der Waals surface area contributed by atoms with Crippen molar-refractivity contribution in [3.8, 4) is 0 Å². The fraction of sp³-hybridized carbons (Fsp3) is 0.467. The molecule has 2 aromatic rings. The first-order chi connectivity index (χ1) is 10.1. The van der Waals surface area contributed by atoms with Crippen molar-refractivity contribution >= 4 is 21.0 Å². The second kappa shape index (κ2) is 5.79. The van der Waals surface area contributed by atoms with Crippen molar-refractivity contribution in [2.24, 2.45) is 0 Å². The minimum absolute atomic E-state index is 0.0497. The predicted octanol–water partition coefficient (Wildman–Crippen LogP) is 2.15. The van der Waals surface area contributed by atoms with E-state index in [0.717, 1.165) is 31.4 Å². The molecule has 0 unspecified atom stereocenters. The Balaban J connectivity index is 1.89. The van der Waals surface area contributed by atoms with Crippen molar-refractivity contribution in [1.29, 1.82) is 0 Å². The molecule has 0 saturated carbocycles. The molecule has 1 saturated heterocycles. The molecule has 6 heteroatoms. The lowest BCUT2D eigenvalue weighted by atomic mass is 10.3. The lowest BCUT2D eigenvalue weighted by Gasteiger charge is -2.19. The number of likely N-dealkylation sites (N-methyl/N-ethyl adjacent to an activating group) is 1. The number of sulfonamides is 1. The van der Waals surface area contributed by atoms with Gasteiger partial charge in [-0.3, -0.25) is 0 Å². The van der Waals surface area contributed by atoms with E-state index in [4.69, 9.17) is 4.42 Å². The summed E-state index contributed by atoms with van der Waals surface area (Å²) in [7, 11) is -3.54. The molecule has 114 valence electrons. The molecular weight excluding hydrogens is 288 g/mol. The second-order valence-electron chi connectivity index (χ2n) is 5.30. The molecule has 0 aliphatic carbocycles. The molecule has 1 aromatic heterocycles. The normalized spacial score (nSPS) is 18.9. The lowest BCUT2D eigenvalue weighted by molar-refractivity contribution is 0.301. The monoisotopic (exact) mass is 308 g/mol. The van der Waals surface area contributed by atoms with Crippen LogP contribution in [0.25, 0.3) is 11.0 Å². The summed E-state index contributed by atoms with van der Waals surface area (Å²) in [4.78, 5) is 2.27. The number of hydrogen-bond donors (Lipinski definition) is 0. The van der Waals surface area contributed by atoms with Gasteiger partial charge in [0.05, 0.1) is 0 Å². The van der Waals surface area contributed by atoms with E-state index in [1.165, 1.54) is 0 Å². The van der Waals surface area contributed by atoms with Gasteiger partial charge in [0.2, 0.25) is 5.09 Å². The summed E-state index contributed by atoms with van der Waals surface area (Å²) in [5.41, 5.74) is 0.612. The molecule has 1 aliphatic rings. The first-order valence-corrected chi connectivity index (χ1v) is 8.76. The molecule has 0 bridgehead atoms. The van der Waals surface area contributed by atoms with Gasteiger partial charge in [-0.05, 0) is 25.6 Å². The van der Waals surface area contributed by atoms with Gasteiger partial charge in [-0.1, -0.05) is 25.1 Å². The largest absolute Gasteiger partial charge is 0.443 e. The summed E-state index contributed by atoms with van der Waals surface area (Å²) >= 11 is 0. The predicted molar refractivity (Wildman–Crippen MR) is 81.7 cm³/mol. The number of hydrogen-bond acceptors (Lipinski definition) is 4. The van der Waals surface area contributed by atoms with Crippen LogP contribution in [0.3, 0.4) is 0 Å². The summed E-state index contributed by atoms with van der Waals surface area (Å²) in [6.07, 6.45) is 0.854. The van der Waals surface area contributed by atoms with Crippen LogP contribution in [0, 0.1) is 0 Å². The lowest BCUT2D eigenvalue weighted by Crippen LogP contribution is -2.35. The van der Waals surface area contributed by atoms with Crippen LogP contribution in [0.15, 0.2) is 39.8 Å². The molecule has 0 spiro atoms. The smallest absolute Gasteiger partial charge is 0.276 e. The minimum atomic E-state index is -3.54. The van der Waals surface area contributed by atoms with Crippen molar-refractivity contribution in [1.82, 2.24) is 9.21 Å². The quantitative estimate of drug-likeness (QED) is 0.872. The highest BCUT2D eigenvalue weighted by atomic mass is 32.2. The fourth-order valence-electron chi connectivity index (χ4n) is 2.72. The number of furan rings is 1. The minimum Gasteiger partial charge on any atom is -0.443 e. The number of para-hydroxylation sites is 1. The van der Waals surface area contributed by atoms with Gasteiger partial charge in [-0.25, -0.2) is 8.42 Å². The molecule has 0 N–H and O–H groups in total. The van der Waals surface area contributed by atoms with Gasteiger partial charge in [0, 0.05) is 31.1 Å². The van der Waals surface area contributed by atoms with E-state index in [9.17, 15) is 8.42 Å². The zero-order valence-electron chi connectivity index (χ0n) is 12.2. The molecule has 0 amide bonds. The Labute approximate surface area is 125 Å². The van der Waals surface area contributed by atoms with Crippen molar-refractivity contribution in [3.63, 3.8) is 0 Å². The van der Waals surface area contributed by atoms with Crippen molar-refractivity contribution in [2.45, 2.75) is 18.4 Å². The first-order valence-electron chi connectivity index (χ1n) is 7.32. The van der Waals surface area contributed by atoms with E-state index in [2.05, 4.69) is 11.8 Å². The van der Waals surface area contributed by atoms with Crippen LogP contribution in [0.1, 0.15) is 13.3 Å². The highest BCUT2D eigenvalue weighted by Crippen LogP contribution is 2.25. The molecule has 0 atom stereocenters. The fourth-order valence-corrected chi connectivity index (χ4v) is 4.13. The highest BCUT2D eigenvalue weighted by molar-refractivity contribution is 7.89. The molecule has 1 aromatic carbocycles. The van der Waals surface area contributed by atoms with Gasteiger partial charge >= 0.3 is 0 Å². The third-order valence-corrected chi connectivity index (χ3v) is 5.75. The van der Waals surface area contributed by atoms with E-state index < -0.39 is 10.0 Å². The molecule has 2 heterocycles. The maximum absolute atomic E-state index is 12.7. The third kappa shape index (κ3) is 2.84. The Bertz CT molecular complexity index is 690. The Hall–Kier alpha value is -1.37. The molecule has 1 fully saturated rings. The van der Waals surface area contributed by atoms with Gasteiger partial charge in [0.25, 0.3) is 10.0 Å². The van der Waals surface area contributed by atoms with Crippen LogP contribution in [0.5, 0.6) is 0 Å². The summed E-state index contributed by atoms with van der Waals surface area (Å²) in [6, 6.07) is 8.98. The van der Waals surface area contributed by atoms with E-state index in [-0.39, 0.29) is 5.09 Å². The van der Waals surface area contributed by atoms with Crippen LogP contribution >= 0.6 is 0 Å². The SMILES string of the molecule is CCN1CCCN(S(=O)(=O)c2cc3ccccc3o2)CC1. The molecule has 5 nitrogen and oxygen atoms in total. The van der Waals surface area contributed by atoms with Crippen LogP contribution in [0.2, 0.25) is 0 Å². The Morgan fingerprint density at radius 3 is 2.71 bits per heavy atom. The van der Waals surface area contributed by atoms with Crippen molar-refractivity contribution < 1.29 is 12.8 Å². The Morgan fingerprint density at radius 1 is 1.14 bits per heavy atom. The Morgan fingerprint density at radius 2 is 1.95 bits per heavy atom. The maximum atomic E-state index is 12.7. The summed E-state index contributed by atoms with van der Waals surface area (Å²) in [5, 5.41) is 0.870. The summed E-state index contributed by atoms with van der Waals surface area (Å²) < 4.78 is 32.5. The van der Waals surface area contributed by atoms with Crippen molar-refractivity contribution in [3.05, 3.63) is 30.3 Å². The molecule has 1 aliphatic heterocycles. The van der Waals surface area contributed by atoms with Crippen LogP contribution in [-0.2, 0) is 10.0 Å². The third-order valence-electron chi connectivity index (χ3n) is 3.99. The molecule has 21 heavy (non-hydrogen) atoms. The zero-order chi connectivity index (χ0) is 14.9. The maximum Gasteiger partial charge on any atom is 0.276 e. The molecule has 3 rings (SSSR count). The summed E-state index contributed by atoms with van der Waals surface area (Å²) in [6.45, 7) is 5.85. The number of nitrogens with zero attached hydrogens (tertiary/aromatic N) is 2. The molecular formula is C15H20N2O3S. The van der Waals surface area contributed by atoms with Crippen LogP contribution < -0.4 is 0 Å². The van der Waals surface area contributed by atoms with Crippen molar-refractivity contribution in [2.75, 3.05) is 32.7 Å². The van der Waals surface area contributed by atoms with E-state index in [0.29, 0.717) is 18.7 Å². The zero-order valence-corrected chi connectivity index (χ0v) is 13.0. The average molecular weight is 308 g/mol. The van der Waals surface area contributed by atoms with Crippen LogP contribution in [0.4, 0.5) is 0 Å². The van der Waals surface area contributed by atoms with Gasteiger partial charge in [0.15, 0.2) is 0 Å². The number of benzene rings is 1. The summed E-state index contributed by atoms with van der Waals surface area (Å²) in [5.74, 6) is 0. The van der Waals surface area contributed by atoms with Gasteiger partial charge in [-0.15, -0.1) is 0 Å². The van der Waals surface area contributed by atoms with E-state index >= 15 is 0 Å². The highest BCUT2D eigenvalue weighted by Gasteiger charge is 2.29. The molecule has 0 radical (unpaired) electrons. The standard InChI is InChI=1S/C15H20N2O3S/c1-2-16-8-5-9-17(11-10-16)21(18,19)15-12-13-6-3-4-7-14(13)20-15/h3-4,6-7,12H,2,5,8-11H2,1H3. The van der Waals surface area contributed by atoms with Crippen LogP contribution in [-0.4, -0.2) is 50.3 Å². The van der Waals surface area contributed by atoms with Gasteiger partial charge < -0.3 is 9.32 Å². The first kappa shape index (κ1) is 14.6. The Kier molecular flexibility index (Phi) is 4.01. The number of fused-ring (bicyclic) bond motifs is 1. The topological polar surface area (TPSA) is 53.8 Å². The average Bonchev–Trinajstić information content (AvgIpc) is 2.78. The van der Waals surface area contributed by atoms with E-state index in [1.807, 2.05) is 18.2 Å².